The molecule has 2 N–H and O–H groups in total. The van der Waals surface area contributed by atoms with Gasteiger partial charge in [-0.15, -0.1) is 0 Å². The van der Waals surface area contributed by atoms with Crippen LogP contribution in [0.3, 0.4) is 0 Å². The maximum Gasteiger partial charge on any atom is 0.412 e. The van der Waals surface area contributed by atoms with Gasteiger partial charge in [0, 0.05) is 17.6 Å². The predicted octanol–water partition coefficient (Wildman–Crippen LogP) is 4.04. The molecule has 0 aliphatic rings. The van der Waals surface area contributed by atoms with Gasteiger partial charge in [-0.05, 0) is 52.0 Å². The second kappa shape index (κ2) is 7.48. The smallest absolute Gasteiger partial charge is 0.412 e. The third-order valence-corrected chi connectivity index (χ3v) is 3.08. The molecule has 0 bridgehead atoms. The molecule has 0 aromatic carbocycles. The lowest BCUT2D eigenvalue weighted by atomic mass is 10.2. The number of halogens is 1. The highest BCUT2D eigenvalue weighted by atomic mass is 35.5. The molecule has 0 atom stereocenters. The average molecular weight is 363 g/mol. The van der Waals surface area contributed by atoms with Crippen LogP contribution in [-0.2, 0) is 4.74 Å². The lowest BCUT2D eigenvalue weighted by Crippen LogP contribution is -2.28. The fourth-order valence-corrected chi connectivity index (χ4v) is 2.09. The predicted molar refractivity (Wildman–Crippen MR) is 96.0 cm³/mol. The van der Waals surface area contributed by atoms with Crippen molar-refractivity contribution >= 4 is 35.0 Å². The van der Waals surface area contributed by atoms with Crippen molar-refractivity contribution in [2.24, 2.45) is 0 Å². The van der Waals surface area contributed by atoms with Gasteiger partial charge in [0.1, 0.15) is 10.8 Å². The Morgan fingerprint density at radius 3 is 2.52 bits per heavy atom. The number of rotatable bonds is 3. The van der Waals surface area contributed by atoms with E-state index in [1.807, 2.05) is 0 Å². The zero-order valence-corrected chi connectivity index (χ0v) is 15.1. The first kappa shape index (κ1) is 18.7. The van der Waals surface area contributed by atoms with Crippen molar-refractivity contribution in [3.05, 3.63) is 47.0 Å². The van der Waals surface area contributed by atoms with Gasteiger partial charge in [0.15, 0.2) is 5.69 Å². The average Bonchev–Trinajstić information content (AvgIpc) is 2.47. The lowest BCUT2D eigenvalue weighted by Gasteiger charge is -2.20. The molecule has 25 heavy (non-hydrogen) atoms. The molecule has 0 fully saturated rings. The highest BCUT2D eigenvalue weighted by molar-refractivity contribution is 6.29. The van der Waals surface area contributed by atoms with Crippen LogP contribution in [0.5, 0.6) is 0 Å². The number of ether oxygens (including phenoxy) is 1. The number of aromatic nitrogens is 2. The quantitative estimate of drug-likeness (QED) is 0.804. The Morgan fingerprint density at radius 1 is 1.16 bits per heavy atom. The maximum absolute atomic E-state index is 12.5. The minimum absolute atomic E-state index is 0.0683. The number of carbonyl (C=O) groups is 2. The van der Waals surface area contributed by atoms with Crippen LogP contribution >= 0.6 is 11.6 Å². The van der Waals surface area contributed by atoms with Crippen molar-refractivity contribution in [2.45, 2.75) is 33.3 Å². The van der Waals surface area contributed by atoms with Gasteiger partial charge in [0.2, 0.25) is 0 Å². The zero-order chi connectivity index (χ0) is 18.6. The van der Waals surface area contributed by atoms with E-state index >= 15 is 0 Å². The van der Waals surface area contributed by atoms with Crippen molar-refractivity contribution < 1.29 is 14.3 Å². The Hall–Kier alpha value is -2.67. The molecule has 0 spiro atoms. The summed E-state index contributed by atoms with van der Waals surface area (Å²) in [7, 11) is 0. The highest BCUT2D eigenvalue weighted by Gasteiger charge is 2.20. The zero-order valence-electron chi connectivity index (χ0n) is 14.4. The van der Waals surface area contributed by atoms with Gasteiger partial charge in [0.25, 0.3) is 5.91 Å². The minimum Gasteiger partial charge on any atom is -0.444 e. The van der Waals surface area contributed by atoms with Crippen molar-refractivity contribution in [1.29, 1.82) is 0 Å². The number of nitrogens with zero attached hydrogens (tertiary/aromatic N) is 2. The van der Waals surface area contributed by atoms with Gasteiger partial charge in [-0.2, -0.15) is 0 Å². The standard InChI is InChI=1S/C17H19ClN4O3/c1-10-5-6-12(22-16(24)25-17(2,3)4)14(20-10)15(23)21-11-7-8-19-13(18)9-11/h5-9H,1-4H3,(H,22,24)(H,19,21,23). The molecule has 2 rings (SSSR count). The first-order valence-electron chi connectivity index (χ1n) is 7.54. The Morgan fingerprint density at radius 2 is 1.88 bits per heavy atom. The second-order valence-corrected chi connectivity index (χ2v) is 6.68. The summed E-state index contributed by atoms with van der Waals surface area (Å²) in [4.78, 5) is 32.6. The van der Waals surface area contributed by atoms with Crippen molar-refractivity contribution in [2.75, 3.05) is 10.6 Å². The number of pyridine rings is 2. The van der Waals surface area contributed by atoms with Crippen molar-refractivity contribution in [3.8, 4) is 0 Å². The molecule has 8 heteroatoms. The summed E-state index contributed by atoms with van der Waals surface area (Å²) >= 11 is 5.81. The molecule has 0 saturated carbocycles. The second-order valence-electron chi connectivity index (χ2n) is 6.30. The van der Waals surface area contributed by atoms with Crippen LogP contribution in [0.2, 0.25) is 5.15 Å². The molecule has 7 nitrogen and oxygen atoms in total. The van der Waals surface area contributed by atoms with Crippen LogP contribution in [0, 0.1) is 6.92 Å². The number of carbonyl (C=O) groups excluding carboxylic acids is 2. The fraction of sp³-hybridized carbons (Fsp3) is 0.294. The third-order valence-electron chi connectivity index (χ3n) is 2.87. The van der Waals surface area contributed by atoms with Crippen molar-refractivity contribution in [3.63, 3.8) is 0 Å². The van der Waals surface area contributed by atoms with Crippen LogP contribution in [0.4, 0.5) is 16.2 Å². The Balaban J connectivity index is 2.23. The summed E-state index contributed by atoms with van der Waals surface area (Å²) in [5.74, 6) is -0.489. The van der Waals surface area contributed by atoms with Crippen LogP contribution in [-0.4, -0.2) is 27.6 Å². The summed E-state index contributed by atoms with van der Waals surface area (Å²) in [6.07, 6.45) is 0.806. The van der Waals surface area contributed by atoms with Crippen LogP contribution in [0.1, 0.15) is 37.0 Å². The van der Waals surface area contributed by atoms with E-state index < -0.39 is 17.6 Å². The summed E-state index contributed by atoms with van der Waals surface area (Å²) in [6.45, 7) is 7.00. The monoisotopic (exact) mass is 362 g/mol. The number of anilines is 2. The van der Waals surface area contributed by atoms with Crippen LogP contribution < -0.4 is 10.6 Å². The summed E-state index contributed by atoms with van der Waals surface area (Å²) in [5.41, 5.74) is 0.763. The van der Waals surface area contributed by atoms with Crippen molar-refractivity contribution in [1.82, 2.24) is 9.97 Å². The Kier molecular flexibility index (Phi) is 5.58. The van der Waals surface area contributed by atoms with Gasteiger partial charge in [0.05, 0.1) is 5.69 Å². The lowest BCUT2D eigenvalue weighted by molar-refractivity contribution is 0.0636. The van der Waals surface area contributed by atoms with E-state index in [1.54, 1.807) is 45.9 Å². The molecule has 0 saturated heterocycles. The minimum atomic E-state index is -0.667. The highest BCUT2D eigenvalue weighted by Crippen LogP contribution is 2.19. The molecular weight excluding hydrogens is 344 g/mol. The number of amides is 2. The molecule has 0 unspecified atom stereocenters. The number of hydrogen-bond acceptors (Lipinski definition) is 5. The van der Waals surface area contributed by atoms with E-state index in [9.17, 15) is 9.59 Å². The number of hydrogen-bond donors (Lipinski definition) is 2. The Labute approximate surface area is 150 Å². The molecule has 132 valence electrons. The fourth-order valence-electron chi connectivity index (χ4n) is 1.91. The molecule has 0 aliphatic carbocycles. The summed E-state index contributed by atoms with van der Waals surface area (Å²) < 4.78 is 5.21. The van der Waals surface area contributed by atoms with E-state index in [-0.39, 0.29) is 16.5 Å². The van der Waals surface area contributed by atoms with Crippen LogP contribution in [0.25, 0.3) is 0 Å². The van der Waals surface area contributed by atoms with Crippen LogP contribution in [0.15, 0.2) is 30.5 Å². The molecule has 2 aromatic heterocycles. The molecule has 0 aliphatic heterocycles. The third kappa shape index (κ3) is 5.72. The van der Waals surface area contributed by atoms with Gasteiger partial charge in [-0.25, -0.2) is 14.8 Å². The molecule has 2 amide bonds. The number of nitrogens with one attached hydrogen (secondary N) is 2. The summed E-state index contributed by atoms with van der Waals surface area (Å²) in [5, 5.41) is 5.47. The molecule has 2 heterocycles. The molecular formula is C17H19ClN4O3. The molecule has 2 aromatic rings. The van der Waals surface area contributed by atoms with E-state index in [0.29, 0.717) is 11.4 Å². The van der Waals surface area contributed by atoms with E-state index in [1.165, 1.54) is 12.3 Å². The largest absolute Gasteiger partial charge is 0.444 e. The normalized spacial score (nSPS) is 10.9. The van der Waals surface area contributed by atoms with Gasteiger partial charge < -0.3 is 10.1 Å². The van der Waals surface area contributed by atoms with E-state index in [0.717, 1.165) is 0 Å². The van der Waals surface area contributed by atoms with Gasteiger partial charge in [-0.3, -0.25) is 10.1 Å². The topological polar surface area (TPSA) is 93.2 Å². The molecule has 0 radical (unpaired) electrons. The van der Waals surface area contributed by atoms with E-state index in [2.05, 4.69) is 20.6 Å². The summed E-state index contributed by atoms with van der Waals surface area (Å²) in [6, 6.07) is 6.39. The van der Waals surface area contributed by atoms with E-state index in [4.69, 9.17) is 16.3 Å². The maximum atomic E-state index is 12.5. The number of aryl methyl sites for hydroxylation is 1. The first-order valence-corrected chi connectivity index (χ1v) is 7.92. The SMILES string of the molecule is Cc1ccc(NC(=O)OC(C)(C)C)c(C(=O)Nc2ccnc(Cl)c2)n1. The van der Waals surface area contributed by atoms with Gasteiger partial charge in [-0.1, -0.05) is 11.6 Å². The first-order chi connectivity index (χ1) is 11.6. The van der Waals surface area contributed by atoms with Gasteiger partial charge >= 0.3 is 6.09 Å². The Bertz CT molecular complexity index is 803.